The summed E-state index contributed by atoms with van der Waals surface area (Å²) in [7, 11) is 0. The molecule has 8 nitrogen and oxygen atoms in total. The van der Waals surface area contributed by atoms with Gasteiger partial charge >= 0.3 is 0 Å². The highest BCUT2D eigenvalue weighted by Gasteiger charge is 2.18. The van der Waals surface area contributed by atoms with Gasteiger partial charge in [-0.1, -0.05) is 5.21 Å². The fourth-order valence-corrected chi connectivity index (χ4v) is 2.67. The zero-order valence-corrected chi connectivity index (χ0v) is 13.5. The molecule has 8 heteroatoms. The van der Waals surface area contributed by atoms with Crippen LogP contribution in [0.3, 0.4) is 0 Å². The second kappa shape index (κ2) is 7.22. The zero-order valence-electron chi connectivity index (χ0n) is 13.5. The predicted octanol–water partition coefficient (Wildman–Crippen LogP) is 1.41. The van der Waals surface area contributed by atoms with E-state index in [0.29, 0.717) is 17.1 Å². The van der Waals surface area contributed by atoms with Gasteiger partial charge in [0.05, 0.1) is 12.2 Å². The number of hydrogen-bond donors (Lipinski definition) is 3. The first-order chi connectivity index (χ1) is 11.6. The number of carbonyl (C=O) groups excluding carboxylic acids is 2. The van der Waals surface area contributed by atoms with E-state index in [-0.39, 0.29) is 17.9 Å². The molecule has 1 aromatic carbocycles. The normalized spacial score (nSPS) is 15.0. The third-order valence-corrected chi connectivity index (χ3v) is 3.89. The van der Waals surface area contributed by atoms with E-state index in [0.717, 1.165) is 25.9 Å². The molecule has 0 saturated carbocycles. The monoisotopic (exact) mass is 328 g/mol. The molecule has 1 saturated heterocycles. The minimum Gasteiger partial charge on any atom is -0.326 e. The van der Waals surface area contributed by atoms with E-state index in [4.69, 9.17) is 0 Å². The summed E-state index contributed by atoms with van der Waals surface area (Å²) in [5.74, 6) is -0.441. The highest BCUT2D eigenvalue weighted by atomic mass is 16.2. The summed E-state index contributed by atoms with van der Waals surface area (Å²) in [6.45, 7) is 3.35. The molecular formula is C16H20N6O2. The lowest BCUT2D eigenvalue weighted by molar-refractivity contribution is -0.114. The Morgan fingerprint density at radius 2 is 1.75 bits per heavy atom. The Kier molecular flexibility index (Phi) is 4.85. The van der Waals surface area contributed by atoms with Crippen LogP contribution in [0.25, 0.3) is 0 Å². The van der Waals surface area contributed by atoms with Crippen molar-refractivity contribution in [3.8, 4) is 0 Å². The van der Waals surface area contributed by atoms with Crippen LogP contribution in [0.15, 0.2) is 30.5 Å². The van der Waals surface area contributed by atoms with Crippen LogP contribution in [0.2, 0.25) is 0 Å². The van der Waals surface area contributed by atoms with Gasteiger partial charge in [-0.05, 0) is 50.2 Å². The van der Waals surface area contributed by atoms with Crippen molar-refractivity contribution in [1.29, 1.82) is 0 Å². The van der Waals surface area contributed by atoms with E-state index in [1.165, 1.54) is 6.92 Å². The summed E-state index contributed by atoms with van der Waals surface area (Å²) in [4.78, 5) is 23.3. The fourth-order valence-electron chi connectivity index (χ4n) is 2.67. The summed E-state index contributed by atoms with van der Waals surface area (Å²) in [6.07, 6.45) is 3.65. The second-order valence-corrected chi connectivity index (χ2v) is 5.78. The van der Waals surface area contributed by atoms with Gasteiger partial charge in [0.1, 0.15) is 0 Å². The minimum absolute atomic E-state index is 0.138. The van der Waals surface area contributed by atoms with E-state index >= 15 is 0 Å². The number of amides is 2. The molecule has 1 aliphatic heterocycles. The zero-order chi connectivity index (χ0) is 16.9. The number of nitrogens with one attached hydrogen (secondary N) is 3. The Morgan fingerprint density at radius 1 is 1.12 bits per heavy atom. The smallest absolute Gasteiger partial charge is 0.277 e. The number of piperidine rings is 1. The molecule has 2 heterocycles. The van der Waals surface area contributed by atoms with Crippen LogP contribution in [0.4, 0.5) is 11.4 Å². The van der Waals surface area contributed by atoms with E-state index in [1.807, 2.05) is 0 Å². The lowest BCUT2D eigenvalue weighted by atomic mass is 10.1. The molecular weight excluding hydrogens is 308 g/mol. The van der Waals surface area contributed by atoms with Crippen molar-refractivity contribution in [2.24, 2.45) is 0 Å². The van der Waals surface area contributed by atoms with Gasteiger partial charge in [0.25, 0.3) is 5.91 Å². The molecule has 0 atom stereocenters. The van der Waals surface area contributed by atoms with Crippen molar-refractivity contribution in [2.45, 2.75) is 25.8 Å². The lowest BCUT2D eigenvalue weighted by Crippen LogP contribution is -2.29. The molecule has 1 aliphatic rings. The maximum atomic E-state index is 12.3. The molecule has 3 N–H and O–H groups in total. The molecule has 2 aromatic rings. The molecule has 0 bridgehead atoms. The van der Waals surface area contributed by atoms with Crippen molar-refractivity contribution >= 4 is 23.2 Å². The predicted molar refractivity (Wildman–Crippen MR) is 89.9 cm³/mol. The molecule has 0 aliphatic carbocycles. The van der Waals surface area contributed by atoms with Crippen molar-refractivity contribution in [1.82, 2.24) is 20.3 Å². The highest BCUT2D eigenvalue weighted by molar-refractivity contribution is 6.02. The first-order valence-corrected chi connectivity index (χ1v) is 7.93. The van der Waals surface area contributed by atoms with Crippen LogP contribution in [0.1, 0.15) is 36.3 Å². The van der Waals surface area contributed by atoms with Crippen molar-refractivity contribution in [3.63, 3.8) is 0 Å². The van der Waals surface area contributed by atoms with E-state index in [1.54, 1.807) is 35.1 Å². The van der Waals surface area contributed by atoms with E-state index in [2.05, 4.69) is 26.3 Å². The first-order valence-electron chi connectivity index (χ1n) is 7.93. The van der Waals surface area contributed by atoms with Gasteiger partial charge in [-0.15, -0.1) is 5.10 Å². The first kappa shape index (κ1) is 16.1. The second-order valence-electron chi connectivity index (χ2n) is 5.78. The summed E-state index contributed by atoms with van der Waals surface area (Å²) < 4.78 is 1.77. The Hall–Kier alpha value is -2.74. The number of rotatable bonds is 4. The topological polar surface area (TPSA) is 101 Å². The number of carbonyl (C=O) groups is 2. The van der Waals surface area contributed by atoms with Gasteiger partial charge in [0.15, 0.2) is 5.69 Å². The SMILES string of the molecule is CC(=O)Nc1ccc(NC(=O)c2cn(C3CCNCC3)nn2)cc1. The van der Waals surface area contributed by atoms with Gasteiger partial charge < -0.3 is 16.0 Å². The fraction of sp³-hybridized carbons (Fsp3) is 0.375. The lowest BCUT2D eigenvalue weighted by Gasteiger charge is -2.22. The van der Waals surface area contributed by atoms with Crippen molar-refractivity contribution in [3.05, 3.63) is 36.2 Å². The van der Waals surface area contributed by atoms with Gasteiger partial charge in [-0.3, -0.25) is 9.59 Å². The number of benzene rings is 1. The standard InChI is InChI=1S/C16H20N6O2/c1-11(23)18-12-2-4-13(5-3-12)19-16(24)15-10-22(21-20-15)14-6-8-17-9-7-14/h2-5,10,14,17H,6-9H2,1H3,(H,18,23)(H,19,24). The third-order valence-electron chi connectivity index (χ3n) is 3.89. The van der Waals surface area contributed by atoms with Gasteiger partial charge in [-0.2, -0.15) is 0 Å². The van der Waals surface area contributed by atoms with Crippen LogP contribution in [-0.2, 0) is 4.79 Å². The summed E-state index contributed by atoms with van der Waals surface area (Å²) in [5.41, 5.74) is 1.60. The molecule has 126 valence electrons. The summed E-state index contributed by atoms with van der Waals surface area (Å²) in [5, 5.41) is 16.8. The minimum atomic E-state index is -0.303. The number of nitrogens with zero attached hydrogens (tertiary/aromatic N) is 3. The van der Waals surface area contributed by atoms with Crippen molar-refractivity contribution < 1.29 is 9.59 Å². The Bertz CT molecular complexity index is 718. The Morgan fingerprint density at radius 3 is 2.38 bits per heavy atom. The van der Waals surface area contributed by atoms with Crippen LogP contribution in [0, 0.1) is 0 Å². The van der Waals surface area contributed by atoms with Crippen LogP contribution < -0.4 is 16.0 Å². The van der Waals surface area contributed by atoms with Crippen molar-refractivity contribution in [2.75, 3.05) is 23.7 Å². The van der Waals surface area contributed by atoms with Crippen LogP contribution in [-0.4, -0.2) is 39.9 Å². The van der Waals surface area contributed by atoms with Crippen LogP contribution in [0.5, 0.6) is 0 Å². The Labute approximate surface area is 139 Å². The highest BCUT2D eigenvalue weighted by Crippen LogP contribution is 2.18. The molecule has 24 heavy (non-hydrogen) atoms. The van der Waals surface area contributed by atoms with Gasteiger partial charge in [-0.25, -0.2) is 4.68 Å². The average Bonchev–Trinajstić information content (AvgIpc) is 3.07. The molecule has 1 aromatic heterocycles. The van der Waals surface area contributed by atoms with Gasteiger partial charge in [0.2, 0.25) is 5.91 Å². The van der Waals surface area contributed by atoms with Crippen LogP contribution >= 0.6 is 0 Å². The molecule has 0 radical (unpaired) electrons. The third kappa shape index (κ3) is 3.96. The van der Waals surface area contributed by atoms with E-state index in [9.17, 15) is 9.59 Å². The summed E-state index contributed by atoms with van der Waals surface area (Å²) >= 11 is 0. The number of hydrogen-bond acceptors (Lipinski definition) is 5. The maximum absolute atomic E-state index is 12.3. The number of anilines is 2. The van der Waals surface area contributed by atoms with E-state index < -0.39 is 0 Å². The molecule has 2 amide bonds. The molecule has 3 rings (SSSR count). The molecule has 0 unspecified atom stereocenters. The molecule has 1 fully saturated rings. The molecule has 0 spiro atoms. The summed E-state index contributed by atoms with van der Waals surface area (Å²) in [6, 6.07) is 7.18. The number of aromatic nitrogens is 3. The largest absolute Gasteiger partial charge is 0.326 e. The maximum Gasteiger partial charge on any atom is 0.277 e. The quantitative estimate of drug-likeness (QED) is 0.788. The Balaban J connectivity index is 1.62. The van der Waals surface area contributed by atoms with Gasteiger partial charge in [0, 0.05) is 18.3 Å². The average molecular weight is 328 g/mol.